The average Bonchev–Trinajstić information content (AvgIpc) is 2.19. The molecule has 1 aliphatic rings. The first-order valence-electron chi connectivity index (χ1n) is 5.45. The minimum atomic E-state index is -0.827. The van der Waals surface area contributed by atoms with Crippen molar-refractivity contribution in [3.63, 3.8) is 0 Å². The van der Waals surface area contributed by atoms with Crippen LogP contribution in [-0.2, 0) is 14.3 Å². The highest BCUT2D eigenvalue weighted by Gasteiger charge is 2.27. The van der Waals surface area contributed by atoms with Gasteiger partial charge >= 0.3 is 5.97 Å². The van der Waals surface area contributed by atoms with Gasteiger partial charge in [-0.25, -0.2) is 0 Å². The van der Waals surface area contributed by atoms with Gasteiger partial charge in [-0.15, -0.1) is 0 Å². The van der Waals surface area contributed by atoms with Crippen LogP contribution in [0.2, 0.25) is 0 Å². The van der Waals surface area contributed by atoms with E-state index in [-0.39, 0.29) is 12.7 Å². The fourth-order valence-corrected chi connectivity index (χ4v) is 1.45. The van der Waals surface area contributed by atoms with Gasteiger partial charge in [-0.3, -0.25) is 4.79 Å². The molecule has 88 valence electrons. The maximum absolute atomic E-state index is 10.8. The number of ether oxygens (including phenoxy) is 2. The van der Waals surface area contributed by atoms with Crippen LogP contribution in [0.3, 0.4) is 0 Å². The molecule has 1 atom stereocenters. The molecule has 4 nitrogen and oxygen atoms in total. The Morgan fingerprint density at radius 1 is 1.53 bits per heavy atom. The number of carbonyl (C=O) groups is 1. The van der Waals surface area contributed by atoms with E-state index in [9.17, 15) is 4.79 Å². The lowest BCUT2D eigenvalue weighted by molar-refractivity contribution is -0.151. The SMILES string of the molecule is CC(C)(COCC1CCCCO1)C(=O)O. The molecule has 1 N–H and O–H groups in total. The van der Waals surface area contributed by atoms with Gasteiger partial charge < -0.3 is 14.6 Å². The van der Waals surface area contributed by atoms with Crippen LogP contribution < -0.4 is 0 Å². The van der Waals surface area contributed by atoms with Gasteiger partial charge in [0.2, 0.25) is 0 Å². The molecule has 0 radical (unpaired) electrons. The van der Waals surface area contributed by atoms with E-state index in [4.69, 9.17) is 14.6 Å². The molecule has 0 aromatic heterocycles. The number of rotatable bonds is 5. The van der Waals surface area contributed by atoms with Crippen LogP contribution in [0.1, 0.15) is 33.1 Å². The summed E-state index contributed by atoms with van der Waals surface area (Å²) in [7, 11) is 0. The zero-order valence-electron chi connectivity index (χ0n) is 9.49. The van der Waals surface area contributed by atoms with Crippen LogP contribution in [0.15, 0.2) is 0 Å². The van der Waals surface area contributed by atoms with E-state index in [1.165, 1.54) is 6.42 Å². The van der Waals surface area contributed by atoms with E-state index >= 15 is 0 Å². The summed E-state index contributed by atoms with van der Waals surface area (Å²) in [5, 5.41) is 8.87. The van der Waals surface area contributed by atoms with Gasteiger partial charge in [0.1, 0.15) is 0 Å². The number of aliphatic carboxylic acids is 1. The van der Waals surface area contributed by atoms with Gasteiger partial charge in [0.25, 0.3) is 0 Å². The summed E-state index contributed by atoms with van der Waals surface area (Å²) in [5.41, 5.74) is -0.811. The monoisotopic (exact) mass is 216 g/mol. The highest BCUT2D eigenvalue weighted by molar-refractivity contribution is 5.73. The molecule has 1 unspecified atom stereocenters. The zero-order chi connectivity index (χ0) is 11.3. The summed E-state index contributed by atoms with van der Waals surface area (Å²) in [6.07, 6.45) is 3.48. The number of hydrogen-bond donors (Lipinski definition) is 1. The first-order chi connectivity index (χ1) is 7.02. The summed E-state index contributed by atoms with van der Waals surface area (Å²) in [4.78, 5) is 10.8. The molecule has 1 heterocycles. The molecule has 1 saturated heterocycles. The molecule has 1 rings (SSSR count). The molecule has 1 fully saturated rings. The lowest BCUT2D eigenvalue weighted by atomic mass is 9.95. The highest BCUT2D eigenvalue weighted by atomic mass is 16.5. The second-order valence-corrected chi connectivity index (χ2v) is 4.69. The first-order valence-corrected chi connectivity index (χ1v) is 5.45. The molecule has 0 aromatic carbocycles. The second-order valence-electron chi connectivity index (χ2n) is 4.69. The normalized spacial score (nSPS) is 22.7. The quantitative estimate of drug-likeness (QED) is 0.759. The number of hydrogen-bond acceptors (Lipinski definition) is 3. The molecular formula is C11H20O4. The second kappa shape index (κ2) is 5.47. The van der Waals surface area contributed by atoms with Crippen LogP contribution in [0.25, 0.3) is 0 Å². The standard InChI is InChI=1S/C11H20O4/c1-11(2,10(12)13)8-14-7-9-5-3-4-6-15-9/h9H,3-8H2,1-2H3,(H,12,13). The molecule has 0 aliphatic carbocycles. The van der Waals surface area contributed by atoms with Gasteiger partial charge in [0.05, 0.1) is 24.7 Å². The molecule has 0 bridgehead atoms. The van der Waals surface area contributed by atoms with Crippen LogP contribution in [0.4, 0.5) is 0 Å². The minimum absolute atomic E-state index is 0.156. The van der Waals surface area contributed by atoms with E-state index in [1.54, 1.807) is 13.8 Å². The average molecular weight is 216 g/mol. The van der Waals surface area contributed by atoms with Gasteiger partial charge in [0, 0.05) is 6.61 Å². The molecule has 1 aliphatic heterocycles. The minimum Gasteiger partial charge on any atom is -0.481 e. The Morgan fingerprint density at radius 3 is 2.80 bits per heavy atom. The Balaban J connectivity index is 2.17. The van der Waals surface area contributed by atoms with Gasteiger partial charge in [-0.2, -0.15) is 0 Å². The van der Waals surface area contributed by atoms with E-state index in [0.717, 1.165) is 19.4 Å². The third-order valence-corrected chi connectivity index (χ3v) is 2.62. The van der Waals surface area contributed by atoms with E-state index in [0.29, 0.717) is 6.61 Å². The Morgan fingerprint density at radius 2 is 2.27 bits per heavy atom. The van der Waals surface area contributed by atoms with E-state index in [1.807, 2.05) is 0 Å². The molecule has 0 amide bonds. The van der Waals surface area contributed by atoms with Crippen molar-refractivity contribution in [2.75, 3.05) is 19.8 Å². The molecule has 4 heteroatoms. The van der Waals surface area contributed by atoms with Gasteiger partial charge in [-0.1, -0.05) is 0 Å². The Kier molecular flexibility index (Phi) is 4.54. The van der Waals surface area contributed by atoms with Crippen molar-refractivity contribution in [2.24, 2.45) is 5.41 Å². The molecule has 0 saturated carbocycles. The summed E-state index contributed by atoms with van der Waals surface area (Å²) in [6, 6.07) is 0. The largest absolute Gasteiger partial charge is 0.481 e. The maximum atomic E-state index is 10.8. The fraction of sp³-hybridized carbons (Fsp3) is 0.909. The van der Waals surface area contributed by atoms with Crippen molar-refractivity contribution >= 4 is 5.97 Å². The maximum Gasteiger partial charge on any atom is 0.311 e. The van der Waals surface area contributed by atoms with Crippen LogP contribution >= 0.6 is 0 Å². The molecule has 0 spiro atoms. The molecule has 15 heavy (non-hydrogen) atoms. The Labute approximate surface area is 90.6 Å². The third kappa shape index (κ3) is 4.18. The van der Waals surface area contributed by atoms with Crippen molar-refractivity contribution in [1.82, 2.24) is 0 Å². The third-order valence-electron chi connectivity index (χ3n) is 2.62. The fourth-order valence-electron chi connectivity index (χ4n) is 1.45. The van der Waals surface area contributed by atoms with Crippen LogP contribution in [0, 0.1) is 5.41 Å². The van der Waals surface area contributed by atoms with Gasteiger partial charge in [0.15, 0.2) is 0 Å². The molecular weight excluding hydrogens is 196 g/mol. The number of carboxylic acid groups (broad SMARTS) is 1. The topological polar surface area (TPSA) is 55.8 Å². The summed E-state index contributed by atoms with van der Waals surface area (Å²) in [5.74, 6) is -0.827. The lowest BCUT2D eigenvalue weighted by Crippen LogP contribution is -2.32. The summed E-state index contributed by atoms with van der Waals surface area (Å²) in [6.45, 7) is 4.88. The predicted molar refractivity (Wildman–Crippen MR) is 55.8 cm³/mol. The van der Waals surface area contributed by atoms with Crippen molar-refractivity contribution < 1.29 is 19.4 Å². The lowest BCUT2D eigenvalue weighted by Gasteiger charge is -2.24. The van der Waals surface area contributed by atoms with Crippen LogP contribution in [0.5, 0.6) is 0 Å². The number of carboxylic acids is 1. The first kappa shape index (κ1) is 12.5. The van der Waals surface area contributed by atoms with Crippen LogP contribution in [-0.4, -0.2) is 37.0 Å². The highest BCUT2D eigenvalue weighted by Crippen LogP contribution is 2.17. The van der Waals surface area contributed by atoms with E-state index in [2.05, 4.69) is 0 Å². The van der Waals surface area contributed by atoms with E-state index < -0.39 is 11.4 Å². The zero-order valence-corrected chi connectivity index (χ0v) is 9.49. The van der Waals surface area contributed by atoms with Crippen molar-refractivity contribution in [3.8, 4) is 0 Å². The molecule has 0 aromatic rings. The van der Waals surface area contributed by atoms with Crippen molar-refractivity contribution in [3.05, 3.63) is 0 Å². The van der Waals surface area contributed by atoms with Gasteiger partial charge in [-0.05, 0) is 33.1 Å². The van der Waals surface area contributed by atoms with Crippen molar-refractivity contribution in [2.45, 2.75) is 39.2 Å². The predicted octanol–water partition coefficient (Wildman–Crippen LogP) is 1.68. The Hall–Kier alpha value is -0.610. The summed E-state index contributed by atoms with van der Waals surface area (Å²) >= 11 is 0. The summed E-state index contributed by atoms with van der Waals surface area (Å²) < 4.78 is 10.9. The smallest absolute Gasteiger partial charge is 0.311 e. The Bertz CT molecular complexity index is 207. The van der Waals surface area contributed by atoms with Crippen molar-refractivity contribution in [1.29, 1.82) is 0 Å².